The average molecular weight is 586 g/mol. The van der Waals surface area contributed by atoms with Crippen LogP contribution < -0.4 is 14.8 Å². The maximum atomic E-state index is 12.7. The van der Waals surface area contributed by atoms with Crippen molar-refractivity contribution in [2.75, 3.05) is 5.32 Å². The van der Waals surface area contributed by atoms with Crippen molar-refractivity contribution < 1.29 is 18.7 Å². The molecule has 0 atom stereocenters. The fourth-order valence-corrected chi connectivity index (χ4v) is 4.35. The fourth-order valence-electron chi connectivity index (χ4n) is 4.08. The number of halogens is 1. The van der Waals surface area contributed by atoms with Crippen LogP contribution in [-0.2, 0) is 18.8 Å². The topological polar surface area (TPSA) is 78.5 Å². The van der Waals surface area contributed by atoms with E-state index in [1.807, 2.05) is 42.5 Å². The normalized spacial score (nSPS) is 11.3. The molecule has 2 heterocycles. The van der Waals surface area contributed by atoms with Crippen molar-refractivity contribution in [2.24, 2.45) is 0 Å². The molecule has 0 spiro atoms. The fraction of sp³-hybridized carbons (Fsp3) is 0.161. The van der Waals surface area contributed by atoms with E-state index in [4.69, 9.17) is 13.9 Å². The Morgan fingerprint density at radius 1 is 0.897 bits per heavy atom. The highest BCUT2D eigenvalue weighted by molar-refractivity contribution is 9.10. The number of carbonyl (C=O) groups is 1. The zero-order chi connectivity index (χ0) is 27.2. The highest BCUT2D eigenvalue weighted by Gasteiger charge is 2.22. The Labute approximate surface area is 235 Å². The Morgan fingerprint density at radius 2 is 1.56 bits per heavy atom. The molecule has 0 saturated carbocycles. The molecule has 7 nitrogen and oxygen atoms in total. The molecule has 0 aliphatic heterocycles. The van der Waals surface area contributed by atoms with Gasteiger partial charge in [-0.1, -0.05) is 72.2 Å². The number of rotatable bonds is 10. The predicted octanol–water partition coefficient (Wildman–Crippen LogP) is 7.43. The molecular formula is C31H28BrN3O4. The zero-order valence-electron chi connectivity index (χ0n) is 21.6. The Hall–Kier alpha value is -4.30. The van der Waals surface area contributed by atoms with Gasteiger partial charge in [0, 0.05) is 9.89 Å². The summed E-state index contributed by atoms with van der Waals surface area (Å²) in [6, 6.07) is 29.3. The van der Waals surface area contributed by atoms with E-state index in [0.29, 0.717) is 11.4 Å². The molecule has 0 radical (unpaired) electrons. The summed E-state index contributed by atoms with van der Waals surface area (Å²) in [6.07, 6.45) is 3.24. The van der Waals surface area contributed by atoms with Gasteiger partial charge in [0.15, 0.2) is 12.5 Å². The minimum atomic E-state index is -0.373. The van der Waals surface area contributed by atoms with Gasteiger partial charge in [-0.3, -0.25) is 4.79 Å². The number of benzene rings is 3. The van der Waals surface area contributed by atoms with Gasteiger partial charge in [0.25, 0.3) is 5.91 Å². The second kappa shape index (κ2) is 11.6. The van der Waals surface area contributed by atoms with Gasteiger partial charge in [-0.2, -0.15) is 5.10 Å². The number of furan rings is 1. The largest absolute Gasteiger partial charge is 0.486 e. The maximum absolute atomic E-state index is 12.7. The third kappa shape index (κ3) is 6.59. The van der Waals surface area contributed by atoms with E-state index in [9.17, 15) is 4.79 Å². The molecule has 3 aromatic carbocycles. The quantitative estimate of drug-likeness (QED) is 0.184. The molecule has 1 amide bonds. The third-order valence-corrected chi connectivity index (χ3v) is 6.93. The number of amides is 1. The van der Waals surface area contributed by atoms with Crippen LogP contribution in [0.25, 0.3) is 0 Å². The highest BCUT2D eigenvalue weighted by Crippen LogP contribution is 2.32. The lowest BCUT2D eigenvalue weighted by Gasteiger charge is -2.26. The molecule has 5 aromatic rings. The lowest BCUT2D eigenvalue weighted by Crippen LogP contribution is -2.18. The molecule has 0 saturated heterocycles. The maximum Gasteiger partial charge on any atom is 0.291 e. The second-order valence-electron chi connectivity index (χ2n) is 9.52. The zero-order valence-corrected chi connectivity index (χ0v) is 23.2. The smallest absolute Gasteiger partial charge is 0.291 e. The standard InChI is InChI=1S/C31H28BrN3O4/c1-31(2,22-6-4-3-5-7-22)23-8-12-26(13-9-23)37-20-28-16-17-29(39-28)30(36)34-25-18-33-35(19-25)21-38-27-14-10-24(32)11-15-27/h3-19H,20-21H2,1-2H3,(H,34,36). The van der Waals surface area contributed by atoms with Crippen molar-refractivity contribution in [3.8, 4) is 11.5 Å². The Kier molecular flexibility index (Phi) is 7.84. The van der Waals surface area contributed by atoms with Crippen LogP contribution in [0.2, 0.25) is 0 Å². The van der Waals surface area contributed by atoms with Gasteiger partial charge in [0.05, 0.1) is 18.1 Å². The number of nitrogens with zero attached hydrogens (tertiary/aromatic N) is 2. The van der Waals surface area contributed by atoms with E-state index in [1.54, 1.807) is 29.2 Å². The van der Waals surface area contributed by atoms with Crippen molar-refractivity contribution in [3.05, 3.63) is 131 Å². The summed E-state index contributed by atoms with van der Waals surface area (Å²) in [5.74, 6) is 1.81. The number of nitrogens with one attached hydrogen (secondary N) is 1. The van der Waals surface area contributed by atoms with E-state index >= 15 is 0 Å². The molecular weight excluding hydrogens is 558 g/mol. The summed E-state index contributed by atoms with van der Waals surface area (Å²) in [4.78, 5) is 12.7. The molecule has 198 valence electrons. The van der Waals surface area contributed by atoms with Crippen LogP contribution in [0.5, 0.6) is 11.5 Å². The first-order valence-electron chi connectivity index (χ1n) is 12.5. The van der Waals surface area contributed by atoms with Gasteiger partial charge in [-0.15, -0.1) is 0 Å². The first-order valence-corrected chi connectivity index (χ1v) is 13.3. The molecule has 1 N–H and O–H groups in total. The summed E-state index contributed by atoms with van der Waals surface area (Å²) in [6.45, 7) is 4.83. The number of anilines is 1. The lowest BCUT2D eigenvalue weighted by atomic mass is 9.78. The van der Waals surface area contributed by atoms with Crippen LogP contribution in [-0.4, -0.2) is 15.7 Å². The molecule has 39 heavy (non-hydrogen) atoms. The molecule has 0 bridgehead atoms. The monoisotopic (exact) mass is 585 g/mol. The average Bonchev–Trinajstić information content (AvgIpc) is 3.62. The van der Waals surface area contributed by atoms with Crippen LogP contribution in [0, 0.1) is 0 Å². The predicted molar refractivity (Wildman–Crippen MR) is 153 cm³/mol. The van der Waals surface area contributed by atoms with Crippen LogP contribution in [0.4, 0.5) is 5.69 Å². The van der Waals surface area contributed by atoms with Crippen LogP contribution in [0.1, 0.15) is 41.3 Å². The first kappa shape index (κ1) is 26.3. The summed E-state index contributed by atoms with van der Waals surface area (Å²) >= 11 is 3.39. The van der Waals surface area contributed by atoms with E-state index in [1.165, 1.54) is 11.1 Å². The SMILES string of the molecule is CC(C)(c1ccccc1)c1ccc(OCc2ccc(C(=O)Nc3cnn(COc4ccc(Br)cc4)c3)o2)cc1. The summed E-state index contributed by atoms with van der Waals surface area (Å²) in [5, 5.41) is 7.01. The summed E-state index contributed by atoms with van der Waals surface area (Å²) in [5.41, 5.74) is 2.86. The summed E-state index contributed by atoms with van der Waals surface area (Å²) < 4.78 is 19.9. The second-order valence-corrected chi connectivity index (χ2v) is 10.4. The number of aromatic nitrogens is 2. The molecule has 0 fully saturated rings. The van der Waals surface area contributed by atoms with E-state index in [0.717, 1.165) is 16.0 Å². The molecule has 0 aliphatic rings. The van der Waals surface area contributed by atoms with Crippen LogP contribution in [0.15, 0.2) is 112 Å². The van der Waals surface area contributed by atoms with Gasteiger partial charge >= 0.3 is 0 Å². The van der Waals surface area contributed by atoms with Crippen molar-refractivity contribution in [1.29, 1.82) is 0 Å². The molecule has 8 heteroatoms. The van der Waals surface area contributed by atoms with Crippen molar-refractivity contribution >= 4 is 27.5 Å². The van der Waals surface area contributed by atoms with E-state index < -0.39 is 0 Å². The van der Waals surface area contributed by atoms with Crippen molar-refractivity contribution in [2.45, 2.75) is 32.6 Å². The molecule has 0 aliphatic carbocycles. The number of hydrogen-bond donors (Lipinski definition) is 1. The first-order chi connectivity index (χ1) is 18.9. The number of carbonyl (C=O) groups excluding carboxylic acids is 1. The molecule has 2 aromatic heterocycles. The Bertz CT molecular complexity index is 1520. The minimum Gasteiger partial charge on any atom is -0.486 e. The van der Waals surface area contributed by atoms with Gasteiger partial charge in [-0.05, 0) is 59.7 Å². The highest BCUT2D eigenvalue weighted by atomic mass is 79.9. The van der Waals surface area contributed by atoms with Crippen molar-refractivity contribution in [3.63, 3.8) is 0 Å². The molecule has 5 rings (SSSR count). The van der Waals surface area contributed by atoms with Gasteiger partial charge in [0.1, 0.15) is 23.9 Å². The minimum absolute atomic E-state index is 0.119. The molecule has 0 unspecified atom stereocenters. The van der Waals surface area contributed by atoms with Gasteiger partial charge in [-0.25, -0.2) is 4.68 Å². The van der Waals surface area contributed by atoms with Gasteiger partial charge in [0.2, 0.25) is 0 Å². The van der Waals surface area contributed by atoms with E-state index in [2.05, 4.69) is 76.6 Å². The third-order valence-electron chi connectivity index (χ3n) is 6.41. The number of hydrogen-bond acceptors (Lipinski definition) is 5. The van der Waals surface area contributed by atoms with Crippen molar-refractivity contribution in [1.82, 2.24) is 9.78 Å². The Morgan fingerprint density at radius 3 is 2.31 bits per heavy atom. The number of ether oxygens (including phenoxy) is 2. The van der Waals surface area contributed by atoms with Crippen LogP contribution in [0.3, 0.4) is 0 Å². The van der Waals surface area contributed by atoms with E-state index in [-0.39, 0.29) is 30.4 Å². The van der Waals surface area contributed by atoms with Crippen LogP contribution >= 0.6 is 15.9 Å². The lowest BCUT2D eigenvalue weighted by molar-refractivity contribution is 0.0992. The van der Waals surface area contributed by atoms with Gasteiger partial charge < -0.3 is 19.2 Å². The summed E-state index contributed by atoms with van der Waals surface area (Å²) in [7, 11) is 0. The Balaban J connectivity index is 1.12.